The van der Waals surface area contributed by atoms with Crippen molar-refractivity contribution >= 4 is 28.6 Å². The van der Waals surface area contributed by atoms with E-state index in [0.29, 0.717) is 11.0 Å². The van der Waals surface area contributed by atoms with Crippen LogP contribution in [0.4, 0.5) is 5.82 Å². The van der Waals surface area contributed by atoms with Gasteiger partial charge in [-0.15, -0.1) is 0 Å². The van der Waals surface area contributed by atoms with E-state index in [0.717, 1.165) is 11.0 Å². The smallest absolute Gasteiger partial charge is 0.191 e. The van der Waals surface area contributed by atoms with Crippen LogP contribution in [0.3, 0.4) is 0 Å². The van der Waals surface area contributed by atoms with Crippen molar-refractivity contribution < 1.29 is 0 Å². The maximum Gasteiger partial charge on any atom is 0.191 e. The number of rotatable bonds is 1. The molecule has 4 nitrogen and oxygen atoms in total. The lowest BCUT2D eigenvalue weighted by Gasteiger charge is -2.00. The maximum absolute atomic E-state index is 5.77. The Balaban J connectivity index is 2.80. The first-order valence-electron chi connectivity index (χ1n) is 3.85. The van der Waals surface area contributed by atoms with Gasteiger partial charge in [0.15, 0.2) is 5.16 Å². The summed E-state index contributed by atoms with van der Waals surface area (Å²) in [6.07, 6.45) is 3.86. The third-order valence-corrected chi connectivity index (χ3v) is 2.46. The van der Waals surface area contributed by atoms with E-state index in [1.165, 1.54) is 11.8 Å². The van der Waals surface area contributed by atoms with Gasteiger partial charge in [0.2, 0.25) is 0 Å². The van der Waals surface area contributed by atoms with E-state index < -0.39 is 0 Å². The average molecular weight is 194 g/mol. The van der Waals surface area contributed by atoms with Crippen LogP contribution in [0, 0.1) is 0 Å². The number of thioether (sulfide) groups is 1. The van der Waals surface area contributed by atoms with Crippen LogP contribution in [-0.4, -0.2) is 20.8 Å². The van der Waals surface area contributed by atoms with Crippen molar-refractivity contribution in [3.05, 3.63) is 12.3 Å². The zero-order valence-corrected chi connectivity index (χ0v) is 8.30. The molecule has 0 atom stereocenters. The Morgan fingerprint density at radius 2 is 2.23 bits per heavy atom. The molecule has 0 amide bonds. The first-order valence-corrected chi connectivity index (χ1v) is 5.07. The third-order valence-electron chi connectivity index (χ3n) is 1.92. The fraction of sp³-hybridized carbons (Fsp3) is 0.250. The number of hydrogen-bond donors (Lipinski definition) is 1. The third kappa shape index (κ3) is 1.25. The van der Waals surface area contributed by atoms with Gasteiger partial charge in [0.1, 0.15) is 11.5 Å². The van der Waals surface area contributed by atoms with Gasteiger partial charge < -0.3 is 10.3 Å². The molecule has 2 heterocycles. The average Bonchev–Trinajstić information content (AvgIpc) is 2.48. The zero-order chi connectivity index (χ0) is 9.42. The van der Waals surface area contributed by atoms with Gasteiger partial charge in [0, 0.05) is 13.2 Å². The Morgan fingerprint density at radius 1 is 1.46 bits per heavy atom. The molecule has 0 saturated carbocycles. The summed E-state index contributed by atoms with van der Waals surface area (Å²) in [5, 5.41) is 1.63. The molecule has 0 aliphatic carbocycles. The van der Waals surface area contributed by atoms with E-state index in [9.17, 15) is 0 Å². The van der Waals surface area contributed by atoms with Crippen molar-refractivity contribution in [2.24, 2.45) is 7.05 Å². The van der Waals surface area contributed by atoms with E-state index in [-0.39, 0.29) is 0 Å². The number of aromatic nitrogens is 3. The fourth-order valence-electron chi connectivity index (χ4n) is 1.23. The number of aryl methyl sites for hydroxylation is 1. The van der Waals surface area contributed by atoms with Gasteiger partial charge in [-0.25, -0.2) is 9.97 Å². The molecule has 2 aromatic heterocycles. The minimum atomic E-state index is 0.551. The highest BCUT2D eigenvalue weighted by atomic mass is 32.2. The van der Waals surface area contributed by atoms with Gasteiger partial charge in [-0.1, -0.05) is 11.8 Å². The van der Waals surface area contributed by atoms with Crippen molar-refractivity contribution in [2.45, 2.75) is 5.16 Å². The predicted octanol–water partition coefficient (Wildman–Crippen LogP) is 1.27. The summed E-state index contributed by atoms with van der Waals surface area (Å²) in [7, 11) is 1.94. The molecular weight excluding hydrogens is 184 g/mol. The Bertz CT molecular complexity index is 449. The van der Waals surface area contributed by atoms with Crippen LogP contribution in [0.25, 0.3) is 11.0 Å². The van der Waals surface area contributed by atoms with Crippen molar-refractivity contribution in [3.63, 3.8) is 0 Å². The fourth-order valence-corrected chi connectivity index (χ4v) is 1.60. The molecule has 0 radical (unpaired) electrons. The summed E-state index contributed by atoms with van der Waals surface area (Å²) in [6, 6.07) is 1.93. The lowest BCUT2D eigenvalue weighted by Crippen LogP contribution is -1.97. The summed E-state index contributed by atoms with van der Waals surface area (Å²) in [5.74, 6) is 0.551. The summed E-state index contributed by atoms with van der Waals surface area (Å²) in [6.45, 7) is 0. The minimum Gasteiger partial charge on any atom is -0.383 e. The minimum absolute atomic E-state index is 0.551. The standard InChI is InChI=1S/C8H10N4S/c1-12-4-3-5-6(9)10-8(13-2)11-7(5)12/h3-4H,1-2H3,(H2,9,10,11). The van der Waals surface area contributed by atoms with Crippen LogP contribution in [-0.2, 0) is 7.05 Å². The first-order chi connectivity index (χ1) is 6.22. The van der Waals surface area contributed by atoms with Crippen molar-refractivity contribution in [2.75, 3.05) is 12.0 Å². The van der Waals surface area contributed by atoms with Crippen molar-refractivity contribution in [1.82, 2.24) is 14.5 Å². The molecule has 0 aliphatic rings. The number of nitrogens with zero attached hydrogens (tertiary/aromatic N) is 3. The topological polar surface area (TPSA) is 56.7 Å². The second-order valence-corrected chi connectivity index (χ2v) is 3.53. The summed E-state index contributed by atoms with van der Waals surface area (Å²) in [4.78, 5) is 8.50. The molecular formula is C8H10N4S. The molecule has 0 fully saturated rings. The van der Waals surface area contributed by atoms with Crippen LogP contribution < -0.4 is 5.73 Å². The molecule has 0 aromatic carbocycles. The van der Waals surface area contributed by atoms with Crippen molar-refractivity contribution in [1.29, 1.82) is 0 Å². The lowest BCUT2D eigenvalue weighted by atomic mass is 10.4. The second kappa shape index (κ2) is 2.92. The van der Waals surface area contributed by atoms with Gasteiger partial charge in [-0.05, 0) is 12.3 Å². The van der Waals surface area contributed by atoms with Gasteiger partial charge in [-0.3, -0.25) is 0 Å². The summed E-state index contributed by atoms with van der Waals surface area (Å²) in [5.41, 5.74) is 6.65. The summed E-state index contributed by atoms with van der Waals surface area (Å²) < 4.78 is 1.94. The monoisotopic (exact) mass is 194 g/mol. The van der Waals surface area contributed by atoms with Crippen LogP contribution >= 0.6 is 11.8 Å². The zero-order valence-electron chi connectivity index (χ0n) is 7.48. The highest BCUT2D eigenvalue weighted by Gasteiger charge is 2.06. The summed E-state index contributed by atoms with van der Waals surface area (Å²) >= 11 is 1.49. The largest absolute Gasteiger partial charge is 0.383 e. The number of nitrogen functional groups attached to an aromatic ring is 1. The molecule has 2 aromatic rings. The number of fused-ring (bicyclic) bond motifs is 1. The molecule has 0 unspecified atom stereocenters. The first kappa shape index (κ1) is 8.37. The van der Waals surface area contributed by atoms with E-state index in [4.69, 9.17) is 5.73 Å². The second-order valence-electron chi connectivity index (χ2n) is 2.76. The van der Waals surface area contributed by atoms with Crippen molar-refractivity contribution in [3.8, 4) is 0 Å². The highest BCUT2D eigenvalue weighted by Crippen LogP contribution is 2.21. The van der Waals surface area contributed by atoms with Crippen LogP contribution in [0.1, 0.15) is 0 Å². The highest BCUT2D eigenvalue weighted by molar-refractivity contribution is 7.98. The quantitative estimate of drug-likeness (QED) is 0.548. The normalized spacial score (nSPS) is 10.9. The molecule has 0 saturated heterocycles. The Morgan fingerprint density at radius 3 is 2.92 bits per heavy atom. The van der Waals surface area contributed by atoms with Crippen LogP contribution in [0.2, 0.25) is 0 Å². The number of anilines is 1. The lowest BCUT2D eigenvalue weighted by molar-refractivity contribution is 0.911. The van der Waals surface area contributed by atoms with Gasteiger partial charge >= 0.3 is 0 Å². The molecule has 13 heavy (non-hydrogen) atoms. The Labute approximate surface area is 80.2 Å². The molecule has 0 bridgehead atoms. The number of nitrogens with two attached hydrogens (primary N) is 1. The van der Waals surface area contributed by atoms with Gasteiger partial charge in [-0.2, -0.15) is 0 Å². The maximum atomic E-state index is 5.77. The van der Waals surface area contributed by atoms with Crippen LogP contribution in [0.15, 0.2) is 17.4 Å². The SMILES string of the molecule is CSc1nc(N)c2ccn(C)c2n1. The van der Waals surface area contributed by atoms with Gasteiger partial charge in [0.05, 0.1) is 5.39 Å². The Hall–Kier alpha value is -1.23. The Kier molecular flexibility index (Phi) is 1.88. The van der Waals surface area contributed by atoms with Gasteiger partial charge in [0.25, 0.3) is 0 Å². The molecule has 0 aliphatic heterocycles. The molecule has 5 heteroatoms. The molecule has 68 valence electrons. The number of hydrogen-bond acceptors (Lipinski definition) is 4. The molecule has 0 spiro atoms. The molecule has 2 rings (SSSR count). The van der Waals surface area contributed by atoms with E-state index in [1.807, 2.05) is 30.1 Å². The predicted molar refractivity (Wildman–Crippen MR) is 54.7 cm³/mol. The van der Waals surface area contributed by atoms with E-state index in [2.05, 4.69) is 9.97 Å². The van der Waals surface area contributed by atoms with E-state index in [1.54, 1.807) is 0 Å². The molecule has 2 N–H and O–H groups in total. The van der Waals surface area contributed by atoms with Crippen LogP contribution in [0.5, 0.6) is 0 Å². The van der Waals surface area contributed by atoms with E-state index >= 15 is 0 Å².